The van der Waals surface area contributed by atoms with Crippen molar-refractivity contribution in [1.82, 2.24) is 25.2 Å². The van der Waals surface area contributed by atoms with E-state index in [0.29, 0.717) is 48.2 Å². The van der Waals surface area contributed by atoms with Gasteiger partial charge in [0.1, 0.15) is 30.3 Å². The van der Waals surface area contributed by atoms with Crippen molar-refractivity contribution in [2.24, 2.45) is 23.2 Å². The molecule has 274 valence electrons. The van der Waals surface area contributed by atoms with Gasteiger partial charge < -0.3 is 24.4 Å². The summed E-state index contributed by atoms with van der Waals surface area (Å²) in [7, 11) is 0. The molecule has 13 heteroatoms. The number of halogens is 2. The molecule has 0 radical (unpaired) electrons. The number of rotatable bonds is 5. The second kappa shape index (κ2) is 14.3. The van der Waals surface area contributed by atoms with Crippen LogP contribution in [0.4, 0.5) is 13.6 Å². The van der Waals surface area contributed by atoms with E-state index < -0.39 is 59.8 Å². The number of pyridine rings is 1. The highest BCUT2D eigenvalue weighted by Gasteiger charge is 2.52. The Bertz CT molecular complexity index is 1770. The van der Waals surface area contributed by atoms with Crippen LogP contribution in [0.2, 0.25) is 0 Å². The lowest BCUT2D eigenvalue weighted by atomic mass is 9.84. The second-order valence-corrected chi connectivity index (χ2v) is 15.4. The maximum atomic E-state index is 16.3. The molecule has 6 atom stereocenters. The Labute approximate surface area is 296 Å². The number of amides is 2. The lowest BCUT2D eigenvalue weighted by Gasteiger charge is -2.36. The zero-order valence-electron chi connectivity index (χ0n) is 30.0. The molecular weight excluding hydrogens is 660 g/mol. The Morgan fingerprint density at radius 3 is 2.59 bits per heavy atom. The summed E-state index contributed by atoms with van der Waals surface area (Å²) in [4.78, 5) is 55.6. The van der Waals surface area contributed by atoms with Crippen LogP contribution >= 0.6 is 0 Å². The van der Waals surface area contributed by atoms with Crippen molar-refractivity contribution in [1.29, 1.82) is 0 Å². The number of aromatic nitrogens is 3. The van der Waals surface area contributed by atoms with Gasteiger partial charge in [0.25, 0.3) is 5.92 Å². The Morgan fingerprint density at radius 2 is 1.90 bits per heavy atom. The minimum Gasteiger partial charge on any atom is -0.472 e. The number of ether oxygens (including phenoxy) is 3. The summed E-state index contributed by atoms with van der Waals surface area (Å²) in [5.74, 6) is -4.36. The number of hydrogen-bond acceptors (Lipinski definition) is 9. The topological polar surface area (TPSA) is 133 Å². The zero-order valence-corrected chi connectivity index (χ0v) is 30.0. The summed E-state index contributed by atoms with van der Waals surface area (Å²) in [6, 6.07) is 6.04. The Kier molecular flexibility index (Phi) is 10.2. The van der Waals surface area contributed by atoms with Gasteiger partial charge in [0.05, 0.1) is 23.7 Å². The molecule has 2 bridgehead atoms. The molecule has 1 aliphatic carbocycles. The third kappa shape index (κ3) is 7.92. The Hall–Kier alpha value is -4.42. The molecule has 2 aromatic heterocycles. The van der Waals surface area contributed by atoms with Gasteiger partial charge in [-0.25, -0.2) is 28.5 Å². The van der Waals surface area contributed by atoms with Crippen molar-refractivity contribution in [3.63, 3.8) is 0 Å². The van der Waals surface area contributed by atoms with Crippen molar-refractivity contribution in [3.8, 4) is 17.5 Å². The predicted molar refractivity (Wildman–Crippen MR) is 185 cm³/mol. The highest BCUT2D eigenvalue weighted by Crippen LogP contribution is 2.44. The molecule has 1 saturated heterocycles. The first kappa shape index (κ1) is 36.4. The Morgan fingerprint density at radius 1 is 1.12 bits per heavy atom. The van der Waals surface area contributed by atoms with Gasteiger partial charge in [-0.1, -0.05) is 48.0 Å². The molecule has 2 amide bonds. The Balaban J connectivity index is 1.43. The van der Waals surface area contributed by atoms with E-state index in [2.05, 4.69) is 20.3 Å². The van der Waals surface area contributed by atoms with Crippen LogP contribution in [0.25, 0.3) is 10.9 Å². The standard InChI is InChI=1S/C38H47F2N5O6/c1-7-25-29-19-45(31(25)32(46)21(2)3)35(47)33(37(4,5)6)44-36(48)51-28-17-23(28)10-8-9-14-38(39,40)26-16-22-11-12-24(18-27(22)43-34(26)50-29)49-30-13-15-41-20-42-30/h11-13,15-16,18,20-21,23,25,28-29,31,33H,7-10,14,17,19H2,1-6H3,(H,44,48). The minimum atomic E-state index is -3.29. The quantitative estimate of drug-likeness (QED) is 0.292. The van der Waals surface area contributed by atoms with Crippen LogP contribution in [-0.2, 0) is 20.2 Å². The maximum absolute atomic E-state index is 16.3. The van der Waals surface area contributed by atoms with E-state index in [-0.39, 0.29) is 42.2 Å². The molecule has 6 unspecified atom stereocenters. The average molecular weight is 708 g/mol. The van der Waals surface area contributed by atoms with Crippen LogP contribution in [0.1, 0.15) is 85.6 Å². The minimum absolute atomic E-state index is 0.0595. The van der Waals surface area contributed by atoms with Crippen molar-refractivity contribution in [3.05, 3.63) is 48.4 Å². The molecule has 1 saturated carbocycles. The number of Topliss-reactive ketones (excluding diaryl/α,β-unsaturated/α-hetero) is 1. The van der Waals surface area contributed by atoms with E-state index in [1.165, 1.54) is 17.3 Å². The largest absolute Gasteiger partial charge is 0.472 e. The van der Waals surface area contributed by atoms with Crippen LogP contribution in [0.5, 0.6) is 17.5 Å². The number of carbonyl (C=O) groups excluding carboxylic acids is 3. The molecule has 11 nitrogen and oxygen atoms in total. The van der Waals surface area contributed by atoms with E-state index in [1.54, 1.807) is 44.3 Å². The number of alkyl halides is 2. The van der Waals surface area contributed by atoms with Gasteiger partial charge in [-0.3, -0.25) is 9.59 Å². The predicted octanol–water partition coefficient (Wildman–Crippen LogP) is 7.22. The number of nitrogens with zero attached hydrogens (tertiary/aromatic N) is 4. The maximum Gasteiger partial charge on any atom is 0.408 e. The number of ketones is 1. The summed E-state index contributed by atoms with van der Waals surface area (Å²) in [6.45, 7) is 10.8. The van der Waals surface area contributed by atoms with Crippen LogP contribution in [0.3, 0.4) is 0 Å². The number of alkyl carbamates (subject to hydrolysis) is 1. The lowest BCUT2D eigenvalue weighted by Crippen LogP contribution is -2.57. The van der Waals surface area contributed by atoms with Crippen LogP contribution < -0.4 is 14.8 Å². The van der Waals surface area contributed by atoms with Gasteiger partial charge >= 0.3 is 6.09 Å². The summed E-state index contributed by atoms with van der Waals surface area (Å²) in [5.41, 5.74) is -0.728. The van der Waals surface area contributed by atoms with Crippen LogP contribution in [0, 0.1) is 23.2 Å². The molecule has 51 heavy (non-hydrogen) atoms. The molecule has 6 rings (SSSR count). The molecule has 1 N–H and O–H groups in total. The smallest absolute Gasteiger partial charge is 0.408 e. The summed E-state index contributed by atoms with van der Waals surface area (Å²) >= 11 is 0. The number of hydrogen-bond donors (Lipinski definition) is 1. The van der Waals surface area contributed by atoms with Crippen molar-refractivity contribution in [2.45, 2.75) is 110 Å². The summed E-state index contributed by atoms with van der Waals surface area (Å²) in [5, 5.41) is 3.28. The van der Waals surface area contributed by atoms with E-state index in [0.717, 1.165) is 0 Å². The van der Waals surface area contributed by atoms with E-state index in [4.69, 9.17) is 14.2 Å². The lowest BCUT2D eigenvalue weighted by molar-refractivity contribution is -0.143. The van der Waals surface area contributed by atoms with E-state index >= 15 is 8.78 Å². The third-order valence-electron chi connectivity index (χ3n) is 10.2. The van der Waals surface area contributed by atoms with Crippen molar-refractivity contribution in [2.75, 3.05) is 6.54 Å². The first-order valence-corrected chi connectivity index (χ1v) is 17.9. The zero-order chi connectivity index (χ0) is 36.7. The van der Waals surface area contributed by atoms with Crippen LogP contribution in [-0.4, -0.2) is 68.5 Å². The fourth-order valence-corrected chi connectivity index (χ4v) is 7.23. The average Bonchev–Trinajstić information content (AvgIpc) is 3.71. The molecule has 1 aromatic carbocycles. The molecule has 2 aliphatic heterocycles. The van der Waals surface area contributed by atoms with Gasteiger partial charge in [0, 0.05) is 42.0 Å². The van der Waals surface area contributed by atoms with E-state index in [1.807, 2.05) is 27.7 Å². The van der Waals surface area contributed by atoms with Crippen molar-refractivity contribution >= 4 is 28.7 Å². The van der Waals surface area contributed by atoms with Gasteiger partial charge in [0.15, 0.2) is 5.78 Å². The molecule has 0 spiro atoms. The fourth-order valence-electron chi connectivity index (χ4n) is 7.23. The molecule has 4 heterocycles. The molecule has 2 fully saturated rings. The fraction of sp³-hybridized carbons (Fsp3) is 0.579. The number of nitrogens with one attached hydrogen (secondary N) is 1. The molecule has 3 aliphatic rings. The van der Waals surface area contributed by atoms with Gasteiger partial charge in [0.2, 0.25) is 17.7 Å². The first-order chi connectivity index (χ1) is 24.2. The highest BCUT2D eigenvalue weighted by molar-refractivity contribution is 5.94. The van der Waals surface area contributed by atoms with Crippen molar-refractivity contribution < 1.29 is 37.4 Å². The number of fused-ring (bicyclic) bond motifs is 5. The highest BCUT2D eigenvalue weighted by atomic mass is 19.3. The molecule has 3 aromatic rings. The molecular formula is C38H47F2N5O6. The van der Waals surface area contributed by atoms with Gasteiger partial charge in [-0.05, 0) is 55.2 Å². The van der Waals surface area contributed by atoms with E-state index in [9.17, 15) is 14.4 Å². The number of benzene rings is 1. The SMILES string of the molecule is CCC1C2CN(C(=O)C(C(C)(C)C)NC(=O)OC3CC3CCCCC(F)(F)c3cc4ccc(Oc5ccncn5)cc4nc3O2)C1C(=O)C(C)C. The van der Waals surface area contributed by atoms with Gasteiger partial charge in [-0.15, -0.1) is 0 Å². The summed E-state index contributed by atoms with van der Waals surface area (Å²) < 4.78 is 50.6. The summed E-state index contributed by atoms with van der Waals surface area (Å²) in [6.07, 6.45) is 3.06. The normalized spacial score (nSPS) is 27.0. The monoisotopic (exact) mass is 707 g/mol. The first-order valence-electron chi connectivity index (χ1n) is 17.9. The second-order valence-electron chi connectivity index (χ2n) is 15.4. The third-order valence-corrected chi connectivity index (χ3v) is 10.2. The number of carbonyl (C=O) groups is 3. The van der Waals surface area contributed by atoms with Crippen LogP contribution in [0.15, 0.2) is 42.9 Å². The van der Waals surface area contributed by atoms with Gasteiger partial charge in [-0.2, -0.15) is 0 Å².